The summed E-state index contributed by atoms with van der Waals surface area (Å²) >= 11 is 0. The van der Waals surface area contributed by atoms with E-state index in [2.05, 4.69) is 9.88 Å². The van der Waals surface area contributed by atoms with Crippen LogP contribution in [-0.4, -0.2) is 10.5 Å². The van der Waals surface area contributed by atoms with Crippen molar-refractivity contribution in [3.63, 3.8) is 0 Å². The largest absolute Gasteiger partial charge is 0.319 e. The first-order valence-corrected chi connectivity index (χ1v) is 8.85. The summed E-state index contributed by atoms with van der Waals surface area (Å²) in [7, 11) is 0. The summed E-state index contributed by atoms with van der Waals surface area (Å²) in [6, 6.07) is 17.7. The number of para-hydroxylation sites is 2. The van der Waals surface area contributed by atoms with Crippen molar-refractivity contribution in [2.45, 2.75) is 20.8 Å². The van der Waals surface area contributed by atoms with Crippen LogP contribution in [0.1, 0.15) is 22.5 Å². The average Bonchev–Trinajstić information content (AvgIpc) is 2.95. The third-order valence-electron chi connectivity index (χ3n) is 4.61. The van der Waals surface area contributed by atoms with E-state index in [4.69, 9.17) is 0 Å². The molecule has 2 aromatic carbocycles. The summed E-state index contributed by atoms with van der Waals surface area (Å²) in [5.74, 6) is -1.20. The first-order chi connectivity index (χ1) is 13.4. The maximum atomic E-state index is 13.8. The number of nitrogens with one attached hydrogen (secondary N) is 1. The minimum atomic E-state index is -0.645. The molecule has 1 aromatic heterocycles. The smallest absolute Gasteiger partial charge is 0.266 e. The lowest BCUT2D eigenvalue weighted by atomic mass is 10.1. The van der Waals surface area contributed by atoms with E-state index in [1.165, 1.54) is 24.3 Å². The molecule has 0 aliphatic rings. The molecule has 1 N–H and O–H groups in total. The van der Waals surface area contributed by atoms with E-state index in [0.29, 0.717) is 0 Å². The molecule has 1 amide bonds. The van der Waals surface area contributed by atoms with Crippen LogP contribution in [0.15, 0.2) is 60.2 Å². The van der Waals surface area contributed by atoms with Crippen molar-refractivity contribution < 1.29 is 9.18 Å². The van der Waals surface area contributed by atoms with Gasteiger partial charge in [0.2, 0.25) is 0 Å². The van der Waals surface area contributed by atoms with Crippen LogP contribution < -0.4 is 5.32 Å². The molecule has 0 aliphatic carbocycles. The van der Waals surface area contributed by atoms with E-state index in [0.717, 1.165) is 28.2 Å². The van der Waals surface area contributed by atoms with Crippen molar-refractivity contribution in [3.8, 4) is 11.8 Å². The number of rotatable bonds is 4. The first kappa shape index (κ1) is 19.1. The van der Waals surface area contributed by atoms with Gasteiger partial charge in [0.05, 0.1) is 5.69 Å². The van der Waals surface area contributed by atoms with Crippen LogP contribution in [0.2, 0.25) is 0 Å². The Morgan fingerprint density at radius 2 is 1.79 bits per heavy atom. The Hall–Kier alpha value is -3.65. The van der Waals surface area contributed by atoms with Gasteiger partial charge in [-0.25, -0.2) is 4.39 Å². The number of hydrogen-bond acceptors (Lipinski definition) is 2. The molecule has 0 unspecified atom stereocenters. The van der Waals surface area contributed by atoms with Gasteiger partial charge < -0.3 is 9.88 Å². The number of carbonyl (C=O) groups is 1. The third-order valence-corrected chi connectivity index (χ3v) is 4.61. The summed E-state index contributed by atoms with van der Waals surface area (Å²) < 4.78 is 15.9. The van der Waals surface area contributed by atoms with Crippen LogP contribution in [0.4, 0.5) is 10.1 Å². The highest BCUT2D eigenvalue weighted by atomic mass is 19.1. The van der Waals surface area contributed by atoms with Crippen LogP contribution in [-0.2, 0) is 4.79 Å². The van der Waals surface area contributed by atoms with E-state index in [1.807, 2.05) is 57.2 Å². The lowest BCUT2D eigenvalue weighted by molar-refractivity contribution is -0.112. The molecule has 3 aromatic rings. The van der Waals surface area contributed by atoms with Crippen molar-refractivity contribution in [2.75, 3.05) is 5.32 Å². The number of carbonyl (C=O) groups excluding carboxylic acids is 1. The van der Waals surface area contributed by atoms with Crippen molar-refractivity contribution in [1.29, 1.82) is 5.26 Å². The van der Waals surface area contributed by atoms with Gasteiger partial charge in [-0.15, -0.1) is 0 Å². The number of nitriles is 1. The van der Waals surface area contributed by atoms with Gasteiger partial charge >= 0.3 is 0 Å². The number of nitrogens with zero attached hydrogens (tertiary/aromatic N) is 2. The molecule has 140 valence electrons. The highest BCUT2D eigenvalue weighted by Crippen LogP contribution is 2.25. The number of halogens is 1. The average molecular weight is 373 g/mol. The highest BCUT2D eigenvalue weighted by molar-refractivity contribution is 6.09. The molecule has 28 heavy (non-hydrogen) atoms. The predicted octanol–water partition coefficient (Wildman–Crippen LogP) is 5.09. The van der Waals surface area contributed by atoms with Crippen LogP contribution in [0, 0.1) is 37.9 Å². The fourth-order valence-corrected chi connectivity index (χ4v) is 3.18. The predicted molar refractivity (Wildman–Crippen MR) is 109 cm³/mol. The molecule has 0 spiro atoms. The van der Waals surface area contributed by atoms with E-state index in [-0.39, 0.29) is 11.3 Å². The fourth-order valence-electron chi connectivity index (χ4n) is 3.18. The van der Waals surface area contributed by atoms with Crippen LogP contribution in [0.3, 0.4) is 0 Å². The van der Waals surface area contributed by atoms with Gasteiger partial charge in [0.25, 0.3) is 5.91 Å². The molecule has 0 atom stereocenters. The number of aryl methyl sites for hydroxylation is 2. The lowest BCUT2D eigenvalue weighted by Crippen LogP contribution is -2.14. The SMILES string of the molecule is Cc1ccccc1-n1c(C)cc(/C=C(/C#N)C(=O)Nc2ccccc2F)c1C. The van der Waals surface area contributed by atoms with Crippen LogP contribution in [0.25, 0.3) is 11.8 Å². The van der Waals surface area contributed by atoms with E-state index < -0.39 is 11.7 Å². The zero-order chi connectivity index (χ0) is 20.3. The van der Waals surface area contributed by atoms with Crippen LogP contribution >= 0.6 is 0 Å². The Morgan fingerprint density at radius 3 is 2.46 bits per heavy atom. The molecule has 0 saturated carbocycles. The third kappa shape index (κ3) is 3.72. The number of amides is 1. The minimum absolute atomic E-state index is 0.0408. The molecule has 0 saturated heterocycles. The molecule has 3 rings (SSSR count). The monoisotopic (exact) mass is 373 g/mol. The highest BCUT2D eigenvalue weighted by Gasteiger charge is 2.15. The van der Waals surface area contributed by atoms with Crippen molar-refractivity contribution >= 4 is 17.7 Å². The molecular weight excluding hydrogens is 353 g/mol. The van der Waals surface area contributed by atoms with Gasteiger partial charge in [-0.3, -0.25) is 4.79 Å². The second kappa shape index (κ2) is 7.93. The normalized spacial score (nSPS) is 11.2. The minimum Gasteiger partial charge on any atom is -0.319 e. The zero-order valence-electron chi connectivity index (χ0n) is 16.0. The standard InChI is InChI=1S/C23H20FN3O/c1-15-8-4-7-11-22(15)27-16(2)12-18(17(27)3)13-19(14-25)23(28)26-21-10-6-5-9-20(21)24/h4-13H,1-3H3,(H,26,28)/b19-13-. The van der Waals surface area contributed by atoms with Crippen molar-refractivity contribution in [3.05, 3.63) is 88.5 Å². The first-order valence-electron chi connectivity index (χ1n) is 8.85. The molecule has 0 aliphatic heterocycles. The van der Waals surface area contributed by atoms with Gasteiger partial charge in [0.1, 0.15) is 17.5 Å². The van der Waals surface area contributed by atoms with E-state index in [9.17, 15) is 14.4 Å². The number of hydrogen-bond donors (Lipinski definition) is 1. The maximum Gasteiger partial charge on any atom is 0.266 e. The van der Waals surface area contributed by atoms with E-state index >= 15 is 0 Å². The molecule has 4 nitrogen and oxygen atoms in total. The van der Waals surface area contributed by atoms with Gasteiger partial charge in [0, 0.05) is 17.1 Å². The lowest BCUT2D eigenvalue weighted by Gasteiger charge is -2.12. The molecule has 5 heteroatoms. The Kier molecular flexibility index (Phi) is 5.42. The summed E-state index contributed by atoms with van der Waals surface area (Å²) in [5.41, 5.74) is 4.79. The van der Waals surface area contributed by atoms with Gasteiger partial charge in [0.15, 0.2) is 0 Å². The molecule has 0 bridgehead atoms. The molecule has 1 heterocycles. The Morgan fingerprint density at radius 1 is 1.11 bits per heavy atom. The summed E-state index contributed by atoms with van der Waals surface area (Å²) in [6.07, 6.45) is 1.54. The maximum absolute atomic E-state index is 13.8. The zero-order valence-corrected chi connectivity index (χ0v) is 16.0. The fraction of sp³-hybridized carbons (Fsp3) is 0.130. The summed E-state index contributed by atoms with van der Waals surface area (Å²) in [4.78, 5) is 12.5. The Bertz CT molecular complexity index is 1120. The van der Waals surface area contributed by atoms with Gasteiger partial charge in [-0.1, -0.05) is 30.3 Å². The van der Waals surface area contributed by atoms with Gasteiger partial charge in [-0.2, -0.15) is 5.26 Å². The molecular formula is C23H20FN3O. The quantitative estimate of drug-likeness (QED) is 0.512. The summed E-state index contributed by atoms with van der Waals surface area (Å²) in [5, 5.41) is 11.9. The second-order valence-electron chi connectivity index (χ2n) is 6.55. The van der Waals surface area contributed by atoms with Crippen molar-refractivity contribution in [1.82, 2.24) is 4.57 Å². The number of benzene rings is 2. The molecule has 0 fully saturated rings. The topological polar surface area (TPSA) is 57.8 Å². The number of anilines is 1. The van der Waals surface area contributed by atoms with Crippen LogP contribution in [0.5, 0.6) is 0 Å². The Balaban J connectivity index is 1.97. The van der Waals surface area contributed by atoms with Gasteiger partial charge in [-0.05, 0) is 62.2 Å². The van der Waals surface area contributed by atoms with Crippen molar-refractivity contribution in [2.24, 2.45) is 0 Å². The van der Waals surface area contributed by atoms with E-state index in [1.54, 1.807) is 6.07 Å². The Labute approximate surface area is 163 Å². The summed E-state index contributed by atoms with van der Waals surface area (Å²) in [6.45, 7) is 5.95. The molecule has 0 radical (unpaired) electrons. The number of aromatic nitrogens is 1. The second-order valence-corrected chi connectivity index (χ2v) is 6.55.